The molecule has 0 saturated heterocycles. The van der Waals surface area contributed by atoms with E-state index < -0.39 is 0 Å². The molecule has 0 amide bonds. The summed E-state index contributed by atoms with van der Waals surface area (Å²) in [6.45, 7) is 3.64. The van der Waals surface area contributed by atoms with Crippen LogP contribution in [-0.2, 0) is 11.2 Å². The first-order valence-electron chi connectivity index (χ1n) is 6.91. The number of Topliss-reactive ketones (excluding diaryl/α,β-unsaturated/α-hetero) is 1. The highest BCUT2D eigenvalue weighted by Crippen LogP contribution is 2.27. The lowest BCUT2D eigenvalue weighted by molar-refractivity contribution is -0.117. The Morgan fingerprint density at radius 2 is 1.95 bits per heavy atom. The van der Waals surface area contributed by atoms with Crippen LogP contribution >= 0.6 is 0 Å². The number of benzene rings is 2. The largest absolute Gasteiger partial charge is 0.300 e. The second-order valence-corrected chi connectivity index (χ2v) is 5.23. The third kappa shape index (κ3) is 3.77. The van der Waals surface area contributed by atoms with Gasteiger partial charge in [0.15, 0.2) is 0 Å². The minimum absolute atomic E-state index is 0.212. The van der Waals surface area contributed by atoms with Crippen molar-refractivity contribution in [1.29, 1.82) is 0 Å². The summed E-state index contributed by atoms with van der Waals surface area (Å²) in [6, 6.07) is 12.9. The first-order chi connectivity index (χ1) is 9.56. The maximum absolute atomic E-state index is 13.4. The van der Waals surface area contributed by atoms with Crippen LogP contribution in [0.4, 0.5) is 4.39 Å². The van der Waals surface area contributed by atoms with Gasteiger partial charge >= 0.3 is 0 Å². The van der Waals surface area contributed by atoms with Gasteiger partial charge < -0.3 is 4.79 Å². The van der Waals surface area contributed by atoms with Gasteiger partial charge in [0.25, 0.3) is 0 Å². The van der Waals surface area contributed by atoms with Crippen LogP contribution in [0.25, 0.3) is 11.1 Å². The molecule has 0 aliphatic carbocycles. The quantitative estimate of drug-likeness (QED) is 0.768. The molecule has 0 aromatic heterocycles. The van der Waals surface area contributed by atoms with Gasteiger partial charge in [-0.05, 0) is 55.5 Å². The van der Waals surface area contributed by atoms with E-state index in [-0.39, 0.29) is 11.6 Å². The molecule has 0 aliphatic rings. The van der Waals surface area contributed by atoms with Crippen molar-refractivity contribution in [2.45, 2.75) is 33.1 Å². The molecule has 2 heteroatoms. The Labute approximate surface area is 119 Å². The number of ketones is 1. The zero-order valence-electron chi connectivity index (χ0n) is 11.9. The summed E-state index contributed by atoms with van der Waals surface area (Å²) in [7, 11) is 0. The molecule has 0 heterocycles. The Morgan fingerprint density at radius 3 is 2.65 bits per heavy atom. The van der Waals surface area contributed by atoms with Crippen LogP contribution in [0.2, 0.25) is 0 Å². The summed E-state index contributed by atoms with van der Waals surface area (Å²) >= 11 is 0. The van der Waals surface area contributed by atoms with E-state index in [9.17, 15) is 9.18 Å². The molecule has 0 N–H and O–H groups in total. The van der Waals surface area contributed by atoms with Crippen molar-refractivity contribution in [2.24, 2.45) is 0 Å². The average molecular weight is 270 g/mol. The number of halogens is 1. The van der Waals surface area contributed by atoms with Gasteiger partial charge in [0.1, 0.15) is 11.6 Å². The van der Waals surface area contributed by atoms with E-state index in [0.717, 1.165) is 29.5 Å². The molecule has 2 aromatic carbocycles. The first kappa shape index (κ1) is 14.4. The predicted octanol–water partition coefficient (Wildman–Crippen LogP) is 4.71. The summed E-state index contributed by atoms with van der Waals surface area (Å²) in [5.41, 5.74) is 4.28. The second kappa shape index (κ2) is 6.47. The third-order valence-corrected chi connectivity index (χ3v) is 3.38. The maximum atomic E-state index is 13.4. The zero-order valence-corrected chi connectivity index (χ0v) is 11.9. The molecule has 1 nitrogen and oxygen atoms in total. The van der Waals surface area contributed by atoms with Gasteiger partial charge in [0, 0.05) is 6.42 Å². The summed E-state index contributed by atoms with van der Waals surface area (Å²) in [6.07, 6.45) is 2.27. The van der Waals surface area contributed by atoms with Gasteiger partial charge in [0.2, 0.25) is 0 Å². The third-order valence-electron chi connectivity index (χ3n) is 3.38. The number of carbonyl (C=O) groups is 1. The average Bonchev–Trinajstić information content (AvgIpc) is 2.40. The molecule has 0 atom stereocenters. The Kier molecular flexibility index (Phi) is 4.67. The van der Waals surface area contributed by atoms with Crippen LogP contribution in [0.1, 0.15) is 30.9 Å². The molecular formula is C18H19FO. The minimum Gasteiger partial charge on any atom is -0.300 e. The van der Waals surface area contributed by atoms with E-state index in [1.165, 1.54) is 11.6 Å². The van der Waals surface area contributed by atoms with Crippen molar-refractivity contribution in [1.82, 2.24) is 0 Å². The summed E-state index contributed by atoms with van der Waals surface area (Å²) in [4.78, 5) is 11.0. The summed E-state index contributed by atoms with van der Waals surface area (Å²) < 4.78 is 13.4. The van der Waals surface area contributed by atoms with E-state index >= 15 is 0 Å². The summed E-state index contributed by atoms with van der Waals surface area (Å²) in [5.74, 6) is -0.0110. The second-order valence-electron chi connectivity index (χ2n) is 5.23. The van der Waals surface area contributed by atoms with Gasteiger partial charge in [-0.3, -0.25) is 0 Å². The first-order valence-corrected chi connectivity index (χ1v) is 6.91. The number of aryl methyl sites for hydroxylation is 2. The molecule has 0 bridgehead atoms. The highest BCUT2D eigenvalue weighted by molar-refractivity contribution is 5.75. The fourth-order valence-electron chi connectivity index (χ4n) is 2.36. The standard InChI is InChI=1S/C18H19FO/c1-13-9-10-15(6-3-5-14(2)20)18(11-13)16-7-4-8-17(19)12-16/h4,7-12H,3,5-6H2,1-2H3. The predicted molar refractivity (Wildman–Crippen MR) is 80.2 cm³/mol. The van der Waals surface area contributed by atoms with Crippen molar-refractivity contribution in [2.75, 3.05) is 0 Å². The Morgan fingerprint density at radius 1 is 1.15 bits per heavy atom. The molecule has 2 rings (SSSR count). The van der Waals surface area contributed by atoms with Gasteiger partial charge in [0.05, 0.1) is 0 Å². The van der Waals surface area contributed by atoms with Gasteiger partial charge in [-0.15, -0.1) is 0 Å². The SMILES string of the molecule is CC(=O)CCCc1ccc(C)cc1-c1cccc(F)c1. The highest BCUT2D eigenvalue weighted by atomic mass is 19.1. The lowest BCUT2D eigenvalue weighted by Gasteiger charge is -2.11. The molecule has 0 fully saturated rings. The summed E-state index contributed by atoms with van der Waals surface area (Å²) in [5, 5.41) is 0. The molecule has 0 spiro atoms. The Balaban J connectivity index is 2.30. The van der Waals surface area contributed by atoms with E-state index in [4.69, 9.17) is 0 Å². The van der Waals surface area contributed by atoms with Crippen LogP contribution in [0.3, 0.4) is 0 Å². The molecule has 0 aliphatic heterocycles. The molecular weight excluding hydrogens is 251 g/mol. The van der Waals surface area contributed by atoms with Crippen LogP contribution in [0.15, 0.2) is 42.5 Å². The van der Waals surface area contributed by atoms with Crippen molar-refractivity contribution in [3.05, 3.63) is 59.4 Å². The molecule has 0 saturated carbocycles. The molecule has 104 valence electrons. The number of rotatable bonds is 5. The monoisotopic (exact) mass is 270 g/mol. The molecule has 0 unspecified atom stereocenters. The Bertz CT molecular complexity index is 617. The molecule has 20 heavy (non-hydrogen) atoms. The van der Waals surface area contributed by atoms with Crippen molar-refractivity contribution < 1.29 is 9.18 Å². The number of hydrogen-bond acceptors (Lipinski definition) is 1. The van der Waals surface area contributed by atoms with Crippen LogP contribution < -0.4 is 0 Å². The maximum Gasteiger partial charge on any atom is 0.129 e. The fourth-order valence-corrected chi connectivity index (χ4v) is 2.36. The Hall–Kier alpha value is -1.96. The topological polar surface area (TPSA) is 17.1 Å². The number of carbonyl (C=O) groups excluding carboxylic acids is 1. The molecule has 0 radical (unpaired) electrons. The van der Waals surface area contributed by atoms with Crippen LogP contribution in [-0.4, -0.2) is 5.78 Å². The zero-order chi connectivity index (χ0) is 14.5. The van der Waals surface area contributed by atoms with Crippen LogP contribution in [0.5, 0.6) is 0 Å². The fraction of sp³-hybridized carbons (Fsp3) is 0.278. The van der Waals surface area contributed by atoms with E-state index in [1.54, 1.807) is 19.1 Å². The van der Waals surface area contributed by atoms with Gasteiger partial charge in [-0.25, -0.2) is 4.39 Å². The highest BCUT2D eigenvalue weighted by Gasteiger charge is 2.07. The lowest BCUT2D eigenvalue weighted by atomic mass is 9.94. The van der Waals surface area contributed by atoms with E-state index in [0.29, 0.717) is 6.42 Å². The van der Waals surface area contributed by atoms with Crippen molar-refractivity contribution in [3.63, 3.8) is 0 Å². The van der Waals surface area contributed by atoms with E-state index in [2.05, 4.69) is 18.2 Å². The van der Waals surface area contributed by atoms with Gasteiger partial charge in [-0.2, -0.15) is 0 Å². The normalized spacial score (nSPS) is 10.6. The van der Waals surface area contributed by atoms with Crippen molar-refractivity contribution >= 4 is 5.78 Å². The van der Waals surface area contributed by atoms with Crippen molar-refractivity contribution in [3.8, 4) is 11.1 Å². The van der Waals surface area contributed by atoms with Crippen LogP contribution in [0, 0.1) is 12.7 Å². The number of hydrogen-bond donors (Lipinski definition) is 0. The lowest BCUT2D eigenvalue weighted by Crippen LogP contribution is -1.95. The smallest absolute Gasteiger partial charge is 0.129 e. The molecule has 2 aromatic rings. The van der Waals surface area contributed by atoms with E-state index in [1.807, 2.05) is 13.0 Å². The minimum atomic E-state index is -0.223. The van der Waals surface area contributed by atoms with Gasteiger partial charge in [-0.1, -0.05) is 35.9 Å².